The number of hydrazone groups is 1. The molecule has 0 bridgehead atoms. The van der Waals surface area contributed by atoms with E-state index in [9.17, 15) is 4.79 Å². The third-order valence-corrected chi connectivity index (χ3v) is 6.11. The molecule has 0 unspecified atom stereocenters. The summed E-state index contributed by atoms with van der Waals surface area (Å²) in [5, 5.41) is 10.4. The van der Waals surface area contributed by atoms with E-state index >= 15 is 0 Å². The number of aromatic nitrogens is 4. The SMILES string of the molecule is Cc1cc(C)nc(SCC(=O)N/N=C/c2c(C)nn(Cc3c(Cl)cccc3Cl)c2Cl)n1. The average Bonchev–Trinajstić information content (AvgIpc) is 2.96. The fourth-order valence-electron chi connectivity index (χ4n) is 2.74. The molecule has 7 nitrogen and oxygen atoms in total. The van der Waals surface area contributed by atoms with Gasteiger partial charge in [0.25, 0.3) is 5.91 Å². The van der Waals surface area contributed by atoms with Gasteiger partial charge in [-0.25, -0.2) is 20.1 Å². The van der Waals surface area contributed by atoms with Gasteiger partial charge in [0, 0.05) is 27.0 Å². The van der Waals surface area contributed by atoms with E-state index in [1.807, 2.05) is 19.9 Å². The first-order valence-corrected chi connectivity index (χ1v) is 11.3. The molecule has 1 N–H and O–H groups in total. The Bertz CT molecular complexity index is 1110. The molecule has 0 aliphatic carbocycles. The van der Waals surface area contributed by atoms with Crippen molar-refractivity contribution in [2.45, 2.75) is 32.5 Å². The van der Waals surface area contributed by atoms with Crippen molar-refractivity contribution < 1.29 is 4.79 Å². The largest absolute Gasteiger partial charge is 0.272 e. The second kappa shape index (κ2) is 10.5. The Kier molecular flexibility index (Phi) is 7.94. The summed E-state index contributed by atoms with van der Waals surface area (Å²) in [6.45, 7) is 5.88. The summed E-state index contributed by atoms with van der Waals surface area (Å²) >= 11 is 20.2. The number of carbonyl (C=O) groups excluding carboxylic acids is 1. The maximum Gasteiger partial charge on any atom is 0.250 e. The molecular weight excluding hydrogens is 479 g/mol. The van der Waals surface area contributed by atoms with Gasteiger partial charge in [0.15, 0.2) is 5.16 Å². The van der Waals surface area contributed by atoms with Crippen molar-refractivity contribution in [3.63, 3.8) is 0 Å². The predicted molar refractivity (Wildman–Crippen MR) is 126 cm³/mol. The van der Waals surface area contributed by atoms with Crippen LogP contribution >= 0.6 is 46.6 Å². The lowest BCUT2D eigenvalue weighted by Gasteiger charge is -2.08. The van der Waals surface area contributed by atoms with E-state index in [1.54, 1.807) is 29.8 Å². The summed E-state index contributed by atoms with van der Waals surface area (Å²) < 4.78 is 1.58. The van der Waals surface area contributed by atoms with Crippen LogP contribution < -0.4 is 5.43 Å². The quantitative estimate of drug-likeness (QED) is 0.218. The summed E-state index contributed by atoms with van der Waals surface area (Å²) in [4.78, 5) is 20.7. The zero-order valence-corrected chi connectivity index (χ0v) is 20.1. The van der Waals surface area contributed by atoms with Gasteiger partial charge >= 0.3 is 0 Å². The molecule has 2 heterocycles. The third kappa shape index (κ3) is 6.20. The molecule has 0 radical (unpaired) electrons. The smallest absolute Gasteiger partial charge is 0.250 e. The van der Waals surface area contributed by atoms with Gasteiger partial charge in [-0.1, -0.05) is 52.6 Å². The maximum absolute atomic E-state index is 12.1. The number of halogens is 3. The molecule has 3 rings (SSSR count). The van der Waals surface area contributed by atoms with E-state index in [-0.39, 0.29) is 11.7 Å². The molecular formula is C20H19Cl3N6OS. The van der Waals surface area contributed by atoms with Crippen LogP contribution in [0.5, 0.6) is 0 Å². The van der Waals surface area contributed by atoms with Gasteiger partial charge in [-0.05, 0) is 39.0 Å². The number of rotatable bonds is 7. The highest BCUT2D eigenvalue weighted by Crippen LogP contribution is 2.27. The van der Waals surface area contributed by atoms with Crippen molar-refractivity contribution in [3.05, 3.63) is 67.7 Å². The highest BCUT2D eigenvalue weighted by atomic mass is 35.5. The highest BCUT2D eigenvalue weighted by Gasteiger charge is 2.15. The van der Waals surface area contributed by atoms with Gasteiger partial charge in [0.1, 0.15) is 5.15 Å². The fourth-order valence-corrected chi connectivity index (χ4v) is 4.28. The molecule has 0 aliphatic rings. The lowest BCUT2D eigenvalue weighted by atomic mass is 10.2. The summed E-state index contributed by atoms with van der Waals surface area (Å²) in [5.74, 6) is -0.148. The Hall–Kier alpha value is -2.13. The zero-order valence-electron chi connectivity index (χ0n) is 17.0. The molecule has 11 heteroatoms. The topological polar surface area (TPSA) is 85.1 Å². The second-order valence-electron chi connectivity index (χ2n) is 6.66. The molecule has 0 spiro atoms. The first-order chi connectivity index (χ1) is 14.7. The number of thioether (sulfide) groups is 1. The summed E-state index contributed by atoms with van der Waals surface area (Å²) in [7, 11) is 0. The molecule has 1 aromatic carbocycles. The van der Waals surface area contributed by atoms with Gasteiger partial charge in [-0.2, -0.15) is 10.2 Å². The minimum Gasteiger partial charge on any atom is -0.272 e. The van der Waals surface area contributed by atoms with Crippen LogP contribution in [0.25, 0.3) is 0 Å². The van der Waals surface area contributed by atoms with Gasteiger partial charge in [0.05, 0.1) is 29.8 Å². The average molecular weight is 498 g/mol. The minimum atomic E-state index is -0.284. The van der Waals surface area contributed by atoms with Crippen molar-refractivity contribution in [1.29, 1.82) is 0 Å². The van der Waals surface area contributed by atoms with Crippen molar-refractivity contribution in [1.82, 2.24) is 25.2 Å². The number of aryl methyl sites for hydroxylation is 3. The molecule has 0 atom stereocenters. The van der Waals surface area contributed by atoms with Crippen LogP contribution in [0.2, 0.25) is 15.2 Å². The number of nitrogens with zero attached hydrogens (tertiary/aromatic N) is 5. The van der Waals surface area contributed by atoms with Crippen LogP contribution in [0.1, 0.15) is 28.2 Å². The van der Waals surface area contributed by atoms with Crippen LogP contribution in [-0.2, 0) is 11.3 Å². The monoisotopic (exact) mass is 496 g/mol. The first-order valence-electron chi connectivity index (χ1n) is 9.17. The van der Waals surface area contributed by atoms with E-state index < -0.39 is 0 Å². The van der Waals surface area contributed by atoms with Crippen LogP contribution in [-0.4, -0.2) is 37.6 Å². The van der Waals surface area contributed by atoms with E-state index in [0.29, 0.717) is 38.2 Å². The molecule has 31 heavy (non-hydrogen) atoms. The summed E-state index contributed by atoms with van der Waals surface area (Å²) in [6, 6.07) is 7.16. The number of amides is 1. The number of hydrogen-bond donors (Lipinski definition) is 1. The maximum atomic E-state index is 12.1. The summed E-state index contributed by atoms with van der Waals surface area (Å²) in [5.41, 5.74) is 6.16. The van der Waals surface area contributed by atoms with Crippen molar-refractivity contribution in [2.75, 3.05) is 5.75 Å². The van der Waals surface area contributed by atoms with E-state index in [0.717, 1.165) is 17.0 Å². The Morgan fingerprint density at radius 2 is 1.81 bits per heavy atom. The predicted octanol–water partition coefficient (Wildman–Crippen LogP) is 4.85. The Morgan fingerprint density at radius 3 is 2.45 bits per heavy atom. The standard InChI is InChI=1S/C20H19Cl3N6OS/c1-11-7-12(2)26-20(25-11)31-10-18(30)27-24-8-14-13(3)28-29(19(14)23)9-15-16(21)5-4-6-17(15)22/h4-8H,9-10H2,1-3H3,(H,27,30)/b24-8+. The molecule has 3 aromatic rings. The van der Waals surface area contributed by atoms with E-state index in [4.69, 9.17) is 34.8 Å². The minimum absolute atomic E-state index is 0.136. The molecule has 0 saturated heterocycles. The van der Waals surface area contributed by atoms with Crippen molar-refractivity contribution >= 4 is 58.7 Å². The number of nitrogens with one attached hydrogen (secondary N) is 1. The second-order valence-corrected chi connectivity index (χ2v) is 8.78. The molecule has 0 aliphatic heterocycles. The first kappa shape index (κ1) is 23.5. The number of hydrogen-bond acceptors (Lipinski definition) is 6. The van der Waals surface area contributed by atoms with Crippen LogP contribution in [0.15, 0.2) is 34.5 Å². The van der Waals surface area contributed by atoms with Gasteiger partial charge in [-0.3, -0.25) is 4.79 Å². The highest BCUT2D eigenvalue weighted by molar-refractivity contribution is 7.99. The van der Waals surface area contributed by atoms with Crippen molar-refractivity contribution in [3.8, 4) is 0 Å². The van der Waals surface area contributed by atoms with Gasteiger partial charge in [-0.15, -0.1) is 0 Å². The number of benzene rings is 1. The zero-order chi connectivity index (χ0) is 22.5. The fraction of sp³-hybridized carbons (Fsp3) is 0.250. The lowest BCUT2D eigenvalue weighted by Crippen LogP contribution is -2.20. The molecule has 162 valence electrons. The number of carbonyl (C=O) groups is 1. The van der Waals surface area contributed by atoms with Crippen molar-refractivity contribution in [2.24, 2.45) is 5.10 Å². The molecule has 0 saturated carbocycles. The third-order valence-electron chi connectivity index (χ3n) is 4.16. The molecule has 0 fully saturated rings. The Morgan fingerprint density at radius 1 is 1.16 bits per heavy atom. The Balaban J connectivity index is 1.62. The van der Waals surface area contributed by atoms with Crippen LogP contribution in [0.3, 0.4) is 0 Å². The van der Waals surface area contributed by atoms with Gasteiger partial charge < -0.3 is 0 Å². The normalized spacial score (nSPS) is 11.3. The van der Waals surface area contributed by atoms with E-state index in [2.05, 4.69) is 25.6 Å². The van der Waals surface area contributed by atoms with Gasteiger partial charge in [0.2, 0.25) is 0 Å². The Labute approximate surface area is 199 Å². The van der Waals surface area contributed by atoms with Crippen LogP contribution in [0.4, 0.5) is 0 Å². The lowest BCUT2D eigenvalue weighted by molar-refractivity contribution is -0.118. The molecule has 2 aromatic heterocycles. The summed E-state index contributed by atoms with van der Waals surface area (Å²) in [6.07, 6.45) is 1.46. The molecule has 1 amide bonds. The van der Waals surface area contributed by atoms with Crippen LogP contribution in [0, 0.1) is 20.8 Å². The van der Waals surface area contributed by atoms with E-state index in [1.165, 1.54) is 18.0 Å².